The molecular formula is C11H16FN3O2S. The van der Waals surface area contributed by atoms with Gasteiger partial charge in [-0.25, -0.2) is 12.8 Å². The lowest BCUT2D eigenvalue weighted by Gasteiger charge is -2.16. The third-order valence-corrected chi connectivity index (χ3v) is 4.89. The van der Waals surface area contributed by atoms with Crippen molar-refractivity contribution in [3.05, 3.63) is 24.3 Å². The zero-order chi connectivity index (χ0) is 13.2. The maximum atomic E-state index is 13.0. The van der Waals surface area contributed by atoms with Crippen LogP contribution in [0.3, 0.4) is 0 Å². The summed E-state index contributed by atoms with van der Waals surface area (Å²) in [7, 11) is -1.77. The highest BCUT2D eigenvalue weighted by atomic mass is 32.2. The molecule has 1 aliphatic rings. The zero-order valence-corrected chi connectivity index (χ0v) is 11.0. The lowest BCUT2D eigenvalue weighted by atomic mass is 10.1. The van der Waals surface area contributed by atoms with Crippen LogP contribution in [0.25, 0.3) is 0 Å². The molecule has 1 unspecified atom stereocenters. The first kappa shape index (κ1) is 13.4. The molecule has 0 bridgehead atoms. The molecule has 0 saturated carbocycles. The Hall–Kier alpha value is -1.05. The summed E-state index contributed by atoms with van der Waals surface area (Å²) in [5.41, 5.74) is 0. The number of aromatic nitrogens is 1. The van der Waals surface area contributed by atoms with Crippen molar-refractivity contribution in [1.29, 1.82) is 0 Å². The smallest absolute Gasteiger partial charge is 0.244 e. The fourth-order valence-corrected chi connectivity index (χ4v) is 3.66. The Morgan fingerprint density at radius 2 is 2.33 bits per heavy atom. The van der Waals surface area contributed by atoms with Crippen molar-refractivity contribution in [3.8, 4) is 0 Å². The molecule has 0 radical (unpaired) electrons. The van der Waals surface area contributed by atoms with Gasteiger partial charge in [0.15, 0.2) is 0 Å². The fraction of sp³-hybridized carbons (Fsp3) is 0.545. The number of hydrogen-bond donors (Lipinski definition) is 1. The van der Waals surface area contributed by atoms with Crippen molar-refractivity contribution < 1.29 is 12.8 Å². The van der Waals surface area contributed by atoms with E-state index in [1.54, 1.807) is 0 Å². The third kappa shape index (κ3) is 2.68. The first-order chi connectivity index (χ1) is 8.54. The van der Waals surface area contributed by atoms with E-state index in [0.29, 0.717) is 19.0 Å². The zero-order valence-electron chi connectivity index (χ0n) is 10.1. The summed E-state index contributed by atoms with van der Waals surface area (Å²) in [6.45, 7) is 1.73. The van der Waals surface area contributed by atoms with E-state index < -0.39 is 15.8 Å². The summed E-state index contributed by atoms with van der Waals surface area (Å²) in [5.74, 6) is -0.326. The predicted molar refractivity (Wildman–Crippen MR) is 65.0 cm³/mol. The lowest BCUT2D eigenvalue weighted by molar-refractivity contribution is 0.450. The number of hydrogen-bond acceptors (Lipinski definition) is 4. The molecule has 7 heteroatoms. The van der Waals surface area contributed by atoms with Crippen LogP contribution in [0.15, 0.2) is 23.4 Å². The topological polar surface area (TPSA) is 62.3 Å². The standard InChI is InChI=1S/C11H16FN3O2S/c1-13-5-9-2-3-15(8-9)18(16,17)11-4-10(12)6-14-7-11/h4,6-7,9,13H,2-3,5,8H2,1H3. The number of halogens is 1. The van der Waals surface area contributed by atoms with E-state index >= 15 is 0 Å². The van der Waals surface area contributed by atoms with Gasteiger partial charge in [-0.3, -0.25) is 4.98 Å². The molecule has 5 nitrogen and oxygen atoms in total. The second-order valence-corrected chi connectivity index (χ2v) is 6.35. The summed E-state index contributed by atoms with van der Waals surface area (Å²) in [6.07, 6.45) is 3.00. The molecule has 1 aliphatic heterocycles. The molecule has 0 amide bonds. The molecule has 0 spiro atoms. The van der Waals surface area contributed by atoms with E-state index in [9.17, 15) is 12.8 Å². The Bertz CT molecular complexity index is 521. The quantitative estimate of drug-likeness (QED) is 0.865. The fourth-order valence-electron chi connectivity index (χ4n) is 2.15. The second-order valence-electron chi connectivity index (χ2n) is 4.41. The van der Waals surface area contributed by atoms with Gasteiger partial charge in [0.25, 0.3) is 0 Å². The molecule has 1 aromatic heterocycles. The molecule has 18 heavy (non-hydrogen) atoms. The van der Waals surface area contributed by atoms with Crippen molar-refractivity contribution in [2.45, 2.75) is 11.3 Å². The molecule has 1 N–H and O–H groups in total. The Balaban J connectivity index is 2.18. The number of rotatable bonds is 4. The number of nitrogens with one attached hydrogen (secondary N) is 1. The Kier molecular flexibility index (Phi) is 3.94. The molecule has 100 valence electrons. The third-order valence-electron chi connectivity index (χ3n) is 3.06. The van der Waals surface area contributed by atoms with Gasteiger partial charge in [0.05, 0.1) is 6.20 Å². The first-order valence-corrected chi connectivity index (χ1v) is 7.23. The van der Waals surface area contributed by atoms with Gasteiger partial charge >= 0.3 is 0 Å². The summed E-state index contributed by atoms with van der Waals surface area (Å²) in [6, 6.07) is 1.01. The van der Waals surface area contributed by atoms with Crippen LogP contribution < -0.4 is 5.32 Å². The minimum atomic E-state index is -3.61. The van der Waals surface area contributed by atoms with Gasteiger partial charge in [-0.05, 0) is 32.0 Å². The summed E-state index contributed by atoms with van der Waals surface area (Å²) in [4.78, 5) is 3.51. The van der Waals surface area contributed by atoms with Gasteiger partial charge in [-0.15, -0.1) is 0 Å². The highest BCUT2D eigenvalue weighted by Crippen LogP contribution is 2.23. The van der Waals surface area contributed by atoms with Crippen molar-refractivity contribution in [2.24, 2.45) is 5.92 Å². The van der Waals surface area contributed by atoms with Crippen LogP contribution in [0.4, 0.5) is 4.39 Å². The van der Waals surface area contributed by atoms with Crippen LogP contribution in [-0.4, -0.2) is 44.4 Å². The minimum Gasteiger partial charge on any atom is -0.319 e. The summed E-state index contributed by atoms with van der Waals surface area (Å²) in [5, 5.41) is 3.04. The Morgan fingerprint density at radius 1 is 1.56 bits per heavy atom. The molecule has 0 aromatic carbocycles. The van der Waals surface area contributed by atoms with Gasteiger partial charge in [0.2, 0.25) is 10.0 Å². The highest BCUT2D eigenvalue weighted by molar-refractivity contribution is 7.89. The summed E-state index contributed by atoms with van der Waals surface area (Å²) >= 11 is 0. The average Bonchev–Trinajstić information content (AvgIpc) is 2.79. The normalized spacial score (nSPS) is 21.3. The molecule has 2 rings (SSSR count). The molecule has 2 heterocycles. The molecule has 1 saturated heterocycles. The first-order valence-electron chi connectivity index (χ1n) is 5.79. The highest BCUT2D eigenvalue weighted by Gasteiger charge is 2.32. The molecule has 0 aliphatic carbocycles. The maximum absolute atomic E-state index is 13.0. The van der Waals surface area contributed by atoms with E-state index in [2.05, 4.69) is 10.3 Å². The molecular weight excluding hydrogens is 257 g/mol. The van der Waals surface area contributed by atoms with Crippen molar-refractivity contribution in [3.63, 3.8) is 0 Å². The molecule has 1 fully saturated rings. The van der Waals surface area contributed by atoms with Crippen LogP contribution in [0.1, 0.15) is 6.42 Å². The number of pyridine rings is 1. The van der Waals surface area contributed by atoms with Crippen LogP contribution >= 0.6 is 0 Å². The van der Waals surface area contributed by atoms with Gasteiger partial charge < -0.3 is 5.32 Å². The van der Waals surface area contributed by atoms with Gasteiger partial charge in [0.1, 0.15) is 10.7 Å². The minimum absolute atomic E-state index is 0.0763. The van der Waals surface area contributed by atoms with Crippen LogP contribution in [0.5, 0.6) is 0 Å². The monoisotopic (exact) mass is 273 g/mol. The van der Waals surface area contributed by atoms with Crippen LogP contribution in [-0.2, 0) is 10.0 Å². The lowest BCUT2D eigenvalue weighted by Crippen LogP contribution is -2.30. The maximum Gasteiger partial charge on any atom is 0.244 e. The van der Waals surface area contributed by atoms with E-state index in [-0.39, 0.29) is 4.90 Å². The number of nitrogens with zero attached hydrogens (tertiary/aromatic N) is 2. The molecule has 1 atom stereocenters. The van der Waals surface area contributed by atoms with E-state index in [1.807, 2.05) is 7.05 Å². The second kappa shape index (κ2) is 5.29. The van der Waals surface area contributed by atoms with Gasteiger partial charge in [0, 0.05) is 19.3 Å². The Labute approximate surface area is 106 Å². The van der Waals surface area contributed by atoms with Crippen molar-refractivity contribution in [1.82, 2.24) is 14.6 Å². The van der Waals surface area contributed by atoms with E-state index in [0.717, 1.165) is 25.2 Å². The van der Waals surface area contributed by atoms with E-state index in [1.165, 1.54) is 10.5 Å². The van der Waals surface area contributed by atoms with Gasteiger partial charge in [-0.1, -0.05) is 0 Å². The SMILES string of the molecule is CNCC1CCN(S(=O)(=O)c2cncc(F)c2)C1. The van der Waals surface area contributed by atoms with Crippen molar-refractivity contribution >= 4 is 10.0 Å². The van der Waals surface area contributed by atoms with Crippen molar-refractivity contribution in [2.75, 3.05) is 26.7 Å². The average molecular weight is 273 g/mol. The van der Waals surface area contributed by atoms with Crippen LogP contribution in [0, 0.1) is 11.7 Å². The van der Waals surface area contributed by atoms with E-state index in [4.69, 9.17) is 0 Å². The number of sulfonamides is 1. The predicted octanol–water partition coefficient (Wildman–Crippen LogP) is 0.451. The summed E-state index contributed by atoms with van der Waals surface area (Å²) < 4.78 is 38.9. The van der Waals surface area contributed by atoms with Crippen LogP contribution in [0.2, 0.25) is 0 Å². The largest absolute Gasteiger partial charge is 0.319 e. The molecule has 1 aromatic rings. The Morgan fingerprint density at radius 3 is 3.00 bits per heavy atom. The van der Waals surface area contributed by atoms with Gasteiger partial charge in [-0.2, -0.15) is 4.31 Å².